The molecule has 0 radical (unpaired) electrons. The third-order valence-electron chi connectivity index (χ3n) is 8.20. The van der Waals surface area contributed by atoms with E-state index in [1.807, 2.05) is 24.3 Å². The van der Waals surface area contributed by atoms with E-state index in [0.29, 0.717) is 47.8 Å². The van der Waals surface area contributed by atoms with E-state index in [0.717, 1.165) is 50.4 Å². The van der Waals surface area contributed by atoms with Gasteiger partial charge in [-0.1, -0.05) is 30.3 Å². The number of Topliss-reactive ketones (excluding diaryl/α,β-unsaturated/α-hetero) is 2. The summed E-state index contributed by atoms with van der Waals surface area (Å²) < 4.78 is 10.7. The number of fused-ring (bicyclic) bond motifs is 1. The van der Waals surface area contributed by atoms with Crippen molar-refractivity contribution < 1.29 is 24.0 Å². The molecule has 1 fully saturated rings. The molecule has 5 rings (SSSR count). The van der Waals surface area contributed by atoms with Gasteiger partial charge in [0.05, 0.1) is 19.1 Å². The molecular weight excluding hydrogens is 576 g/mol. The van der Waals surface area contributed by atoms with Crippen molar-refractivity contribution in [2.24, 2.45) is 5.73 Å². The fourth-order valence-corrected chi connectivity index (χ4v) is 5.72. The van der Waals surface area contributed by atoms with Gasteiger partial charge in [0.1, 0.15) is 17.1 Å². The van der Waals surface area contributed by atoms with Crippen LogP contribution >= 0.6 is 0 Å². The molecule has 0 atom stereocenters. The highest BCUT2D eigenvalue weighted by Crippen LogP contribution is 2.31. The number of nitrogens with zero attached hydrogens (tertiary/aromatic N) is 3. The summed E-state index contributed by atoms with van der Waals surface area (Å²) in [6, 6.07) is 17.6. The van der Waals surface area contributed by atoms with E-state index >= 15 is 0 Å². The summed E-state index contributed by atoms with van der Waals surface area (Å²) in [6.07, 6.45) is 1.42. The highest BCUT2D eigenvalue weighted by Gasteiger charge is 2.30. The van der Waals surface area contributed by atoms with Gasteiger partial charge < -0.3 is 30.7 Å². The number of nitro benzene ring substituents is 1. The zero-order valence-electron chi connectivity index (χ0n) is 25.5. The molecule has 12 nitrogen and oxygen atoms in total. The van der Waals surface area contributed by atoms with Crippen molar-refractivity contribution in [2.75, 3.05) is 70.2 Å². The van der Waals surface area contributed by atoms with E-state index in [-0.39, 0.29) is 33.6 Å². The van der Waals surface area contributed by atoms with Crippen LogP contribution in [-0.4, -0.2) is 81.4 Å². The molecule has 236 valence electrons. The van der Waals surface area contributed by atoms with E-state index in [1.165, 1.54) is 0 Å². The van der Waals surface area contributed by atoms with E-state index in [1.54, 1.807) is 50.6 Å². The molecule has 1 saturated heterocycles. The summed E-state index contributed by atoms with van der Waals surface area (Å²) in [7, 11) is 3.18. The van der Waals surface area contributed by atoms with E-state index in [4.69, 9.17) is 15.2 Å². The number of carbonyl (C=O) groups excluding carboxylic acids is 2. The highest BCUT2D eigenvalue weighted by molar-refractivity contribution is 6.26. The van der Waals surface area contributed by atoms with E-state index < -0.39 is 0 Å². The van der Waals surface area contributed by atoms with Gasteiger partial charge in [0.15, 0.2) is 11.5 Å². The number of allylic oxidation sites excluding steroid dienone is 2. The molecule has 1 heterocycles. The summed E-state index contributed by atoms with van der Waals surface area (Å²) in [6.45, 7) is 5.05. The predicted octanol–water partition coefficient (Wildman–Crippen LogP) is 3.62. The van der Waals surface area contributed by atoms with Crippen LogP contribution in [0.25, 0.3) is 0 Å². The van der Waals surface area contributed by atoms with Crippen LogP contribution in [0.5, 0.6) is 11.5 Å². The maximum Gasteiger partial charge on any atom is 0.292 e. The summed E-state index contributed by atoms with van der Waals surface area (Å²) in [4.78, 5) is 41.4. The van der Waals surface area contributed by atoms with Crippen molar-refractivity contribution in [2.45, 2.75) is 12.8 Å². The fraction of sp³-hybridized carbons (Fsp3) is 0.333. The Morgan fingerprint density at radius 3 is 2.27 bits per heavy atom. The van der Waals surface area contributed by atoms with Crippen molar-refractivity contribution in [1.29, 1.82) is 0 Å². The van der Waals surface area contributed by atoms with Gasteiger partial charge in [-0.15, -0.1) is 0 Å². The lowest BCUT2D eigenvalue weighted by Crippen LogP contribution is -2.47. The number of methoxy groups -OCH3 is 2. The van der Waals surface area contributed by atoms with Crippen molar-refractivity contribution >= 4 is 28.6 Å². The number of nitrogens with two attached hydrogens (primary N) is 1. The van der Waals surface area contributed by atoms with Crippen LogP contribution in [0.3, 0.4) is 0 Å². The normalized spacial score (nSPS) is 15.1. The molecule has 1 aliphatic carbocycles. The number of hydrogen-bond donors (Lipinski definition) is 3. The van der Waals surface area contributed by atoms with Gasteiger partial charge in [0, 0.05) is 62.1 Å². The Morgan fingerprint density at radius 2 is 1.58 bits per heavy atom. The third kappa shape index (κ3) is 7.01. The molecule has 2 aliphatic rings. The van der Waals surface area contributed by atoms with Crippen molar-refractivity contribution in [3.8, 4) is 11.5 Å². The second-order valence-corrected chi connectivity index (χ2v) is 10.9. The number of anilines is 2. The van der Waals surface area contributed by atoms with Gasteiger partial charge in [-0.25, -0.2) is 0 Å². The SMILES string of the molecule is COc1ccc(CCNc2cc(N3CCN(CCCNC4=C(N)C(=O)c5ccccc5C4=O)CC3)ccc2[N+](=O)[O-])cc1OC. The van der Waals surface area contributed by atoms with Crippen molar-refractivity contribution in [3.63, 3.8) is 0 Å². The lowest BCUT2D eigenvalue weighted by molar-refractivity contribution is -0.383. The number of ether oxygens (including phenoxy) is 2. The number of ketones is 2. The van der Waals surface area contributed by atoms with Crippen molar-refractivity contribution in [1.82, 2.24) is 10.2 Å². The number of carbonyl (C=O) groups is 2. The summed E-state index contributed by atoms with van der Waals surface area (Å²) in [5.41, 5.74) is 9.34. The molecule has 0 spiro atoms. The maximum absolute atomic E-state index is 12.9. The number of piperazine rings is 1. The molecule has 0 bridgehead atoms. The Balaban J connectivity index is 1.11. The Hall–Kier alpha value is -5.10. The molecule has 45 heavy (non-hydrogen) atoms. The molecule has 1 aliphatic heterocycles. The zero-order valence-corrected chi connectivity index (χ0v) is 25.5. The van der Waals surface area contributed by atoms with Crippen LogP contribution in [-0.2, 0) is 6.42 Å². The molecule has 4 N–H and O–H groups in total. The van der Waals surface area contributed by atoms with Crippen LogP contribution in [0.1, 0.15) is 32.7 Å². The first kappa shape index (κ1) is 31.3. The largest absolute Gasteiger partial charge is 0.493 e. The first-order valence-corrected chi connectivity index (χ1v) is 14.9. The topological polar surface area (TPSA) is 152 Å². The lowest BCUT2D eigenvalue weighted by Gasteiger charge is -2.36. The second-order valence-electron chi connectivity index (χ2n) is 10.9. The quantitative estimate of drug-likeness (QED) is 0.147. The predicted molar refractivity (Wildman–Crippen MR) is 172 cm³/mol. The molecule has 0 unspecified atom stereocenters. The molecule has 0 saturated carbocycles. The van der Waals surface area contributed by atoms with Gasteiger partial charge in [-0.2, -0.15) is 0 Å². The number of benzene rings is 3. The van der Waals surface area contributed by atoms with Crippen LogP contribution in [0.15, 0.2) is 72.1 Å². The van der Waals surface area contributed by atoms with E-state index in [9.17, 15) is 19.7 Å². The maximum atomic E-state index is 12.9. The Bertz CT molecular complexity index is 1610. The first-order chi connectivity index (χ1) is 21.8. The Labute approximate surface area is 261 Å². The molecule has 12 heteroatoms. The van der Waals surface area contributed by atoms with Gasteiger partial charge in [-0.3, -0.25) is 24.6 Å². The monoisotopic (exact) mass is 614 g/mol. The molecule has 3 aromatic rings. The Kier molecular flexibility index (Phi) is 9.83. The number of nitrogens with one attached hydrogen (secondary N) is 2. The minimum Gasteiger partial charge on any atom is -0.493 e. The molecular formula is C33H38N6O6. The van der Waals surface area contributed by atoms with Crippen molar-refractivity contribution in [3.05, 3.63) is 98.9 Å². The smallest absolute Gasteiger partial charge is 0.292 e. The fourth-order valence-electron chi connectivity index (χ4n) is 5.72. The minimum absolute atomic E-state index is 0.0367. The van der Waals surface area contributed by atoms with Crippen LogP contribution in [0, 0.1) is 10.1 Å². The van der Waals surface area contributed by atoms with Crippen LogP contribution in [0.2, 0.25) is 0 Å². The third-order valence-corrected chi connectivity index (χ3v) is 8.20. The lowest BCUT2D eigenvalue weighted by atomic mass is 9.90. The van der Waals surface area contributed by atoms with Crippen LogP contribution in [0.4, 0.5) is 17.1 Å². The average molecular weight is 615 g/mol. The second kappa shape index (κ2) is 14.1. The first-order valence-electron chi connectivity index (χ1n) is 14.9. The Morgan fingerprint density at radius 1 is 0.867 bits per heavy atom. The summed E-state index contributed by atoms with van der Waals surface area (Å²) in [5.74, 6) is 0.709. The molecule has 0 amide bonds. The zero-order chi connectivity index (χ0) is 31.9. The number of nitro groups is 1. The average Bonchev–Trinajstić information content (AvgIpc) is 3.07. The van der Waals surface area contributed by atoms with Gasteiger partial charge in [-0.05, 0) is 49.2 Å². The highest BCUT2D eigenvalue weighted by atomic mass is 16.6. The van der Waals surface area contributed by atoms with Gasteiger partial charge >= 0.3 is 0 Å². The number of hydrogen-bond acceptors (Lipinski definition) is 11. The van der Waals surface area contributed by atoms with E-state index in [2.05, 4.69) is 20.4 Å². The minimum atomic E-state index is -0.367. The van der Waals surface area contributed by atoms with Crippen LogP contribution < -0.4 is 30.7 Å². The molecule has 0 aromatic heterocycles. The standard InChI is InChI=1S/C33H38N6O6/c1-44-28-11-8-22(20-29(28)45-2)12-14-35-26-21-23(9-10-27(26)39(42)43)38-18-16-37(17-19-38)15-5-13-36-31-30(34)32(40)24-6-3-4-7-25(24)33(31)41/h3-4,6-11,20-21,35-36H,5,12-19,34H2,1-2H3. The molecule has 3 aromatic carbocycles. The summed E-state index contributed by atoms with van der Waals surface area (Å²) in [5, 5.41) is 18.1. The van der Waals surface area contributed by atoms with Gasteiger partial charge in [0.25, 0.3) is 5.69 Å². The van der Waals surface area contributed by atoms with Gasteiger partial charge in [0.2, 0.25) is 11.6 Å². The summed E-state index contributed by atoms with van der Waals surface area (Å²) >= 11 is 0. The number of rotatable bonds is 13.